The molecule has 70 valence electrons. The summed E-state index contributed by atoms with van der Waals surface area (Å²) in [6.45, 7) is 0.790. The number of esters is 1. The number of ether oxygens (including phenoxy) is 2. The fraction of sp³-hybridized carbons (Fsp3) is 0.875. The van der Waals surface area contributed by atoms with E-state index in [1.807, 2.05) is 0 Å². The molecule has 0 aromatic carbocycles. The molecule has 0 radical (unpaired) electrons. The minimum absolute atomic E-state index is 0.152. The Kier molecular flexibility index (Phi) is 3.49. The first-order valence-corrected chi connectivity index (χ1v) is 4.19. The van der Waals surface area contributed by atoms with Crippen molar-refractivity contribution in [1.82, 2.24) is 0 Å². The van der Waals surface area contributed by atoms with Crippen molar-refractivity contribution in [3.8, 4) is 0 Å². The summed E-state index contributed by atoms with van der Waals surface area (Å²) >= 11 is 0. The molecule has 0 saturated carbocycles. The molecule has 1 saturated heterocycles. The van der Waals surface area contributed by atoms with Gasteiger partial charge in [0.15, 0.2) is 0 Å². The quantitative estimate of drug-likeness (QED) is 0.613. The Hall–Kier alpha value is -0.610. The highest BCUT2D eigenvalue weighted by molar-refractivity contribution is 5.75. The zero-order valence-corrected chi connectivity index (χ0v) is 7.29. The molecule has 4 heteroatoms. The predicted molar refractivity (Wildman–Crippen MR) is 43.6 cm³/mol. The largest absolute Gasteiger partial charge is 0.468 e. The maximum absolute atomic E-state index is 10.9. The minimum atomic E-state index is -0.530. The first-order valence-electron chi connectivity index (χ1n) is 4.19. The maximum Gasteiger partial charge on any atom is 0.322 e. The highest BCUT2D eigenvalue weighted by atomic mass is 16.5. The van der Waals surface area contributed by atoms with Crippen LogP contribution in [0.1, 0.15) is 19.3 Å². The van der Waals surface area contributed by atoms with E-state index >= 15 is 0 Å². The van der Waals surface area contributed by atoms with Gasteiger partial charge in [0.1, 0.15) is 6.04 Å². The predicted octanol–water partition coefficient (Wildman–Crippen LogP) is 0.0558. The Morgan fingerprint density at radius 3 is 3.08 bits per heavy atom. The second kappa shape index (κ2) is 4.42. The molecule has 4 nitrogen and oxygen atoms in total. The summed E-state index contributed by atoms with van der Waals surface area (Å²) in [5, 5.41) is 0. The summed E-state index contributed by atoms with van der Waals surface area (Å²) in [6, 6.07) is -0.530. The van der Waals surface area contributed by atoms with Crippen molar-refractivity contribution in [2.75, 3.05) is 13.7 Å². The van der Waals surface area contributed by atoms with Gasteiger partial charge in [-0.15, -0.1) is 0 Å². The van der Waals surface area contributed by atoms with Crippen LogP contribution in [0.5, 0.6) is 0 Å². The monoisotopic (exact) mass is 173 g/mol. The van der Waals surface area contributed by atoms with E-state index in [0.29, 0.717) is 6.42 Å². The molecule has 1 aliphatic heterocycles. The number of carbonyl (C=O) groups is 1. The molecule has 0 spiro atoms. The van der Waals surface area contributed by atoms with E-state index in [-0.39, 0.29) is 12.1 Å². The number of nitrogens with two attached hydrogens (primary N) is 1. The fourth-order valence-electron chi connectivity index (χ4n) is 1.36. The average Bonchev–Trinajstić information content (AvgIpc) is 2.55. The summed E-state index contributed by atoms with van der Waals surface area (Å²) in [7, 11) is 1.34. The maximum atomic E-state index is 10.9. The lowest BCUT2D eigenvalue weighted by Crippen LogP contribution is -2.34. The topological polar surface area (TPSA) is 61.5 Å². The third kappa shape index (κ3) is 2.46. The van der Waals surface area contributed by atoms with Gasteiger partial charge in [0.05, 0.1) is 13.2 Å². The SMILES string of the molecule is COC(=O)C(N)CC1CCCO1. The van der Waals surface area contributed by atoms with Crippen molar-refractivity contribution in [2.24, 2.45) is 5.73 Å². The summed E-state index contributed by atoms with van der Waals surface area (Å²) in [6.07, 6.45) is 2.80. The van der Waals surface area contributed by atoms with Gasteiger partial charge in [0.2, 0.25) is 0 Å². The van der Waals surface area contributed by atoms with Gasteiger partial charge in [-0.05, 0) is 19.3 Å². The molecule has 0 aliphatic carbocycles. The standard InChI is InChI=1S/C8H15NO3/c1-11-8(10)7(9)5-6-3-2-4-12-6/h6-7H,2-5,9H2,1H3. The van der Waals surface area contributed by atoms with Crippen LogP contribution in [0.15, 0.2) is 0 Å². The number of carbonyl (C=O) groups excluding carboxylic acids is 1. The van der Waals surface area contributed by atoms with Gasteiger partial charge in [-0.25, -0.2) is 0 Å². The number of hydrogen-bond donors (Lipinski definition) is 1. The molecule has 0 amide bonds. The first-order chi connectivity index (χ1) is 5.74. The van der Waals surface area contributed by atoms with Crippen molar-refractivity contribution in [3.05, 3.63) is 0 Å². The molecule has 1 heterocycles. The Morgan fingerprint density at radius 2 is 2.58 bits per heavy atom. The van der Waals surface area contributed by atoms with E-state index in [9.17, 15) is 4.79 Å². The van der Waals surface area contributed by atoms with E-state index < -0.39 is 6.04 Å². The van der Waals surface area contributed by atoms with E-state index in [4.69, 9.17) is 10.5 Å². The second-order valence-electron chi connectivity index (χ2n) is 3.00. The van der Waals surface area contributed by atoms with Crippen LogP contribution in [-0.4, -0.2) is 31.8 Å². The summed E-state index contributed by atoms with van der Waals surface area (Å²) in [4.78, 5) is 10.9. The summed E-state index contributed by atoms with van der Waals surface area (Å²) < 4.78 is 9.83. The van der Waals surface area contributed by atoms with Crippen LogP contribution in [0.2, 0.25) is 0 Å². The van der Waals surface area contributed by atoms with Gasteiger partial charge in [0.25, 0.3) is 0 Å². The fourth-order valence-corrected chi connectivity index (χ4v) is 1.36. The molecular formula is C8H15NO3. The minimum Gasteiger partial charge on any atom is -0.468 e. The van der Waals surface area contributed by atoms with Gasteiger partial charge in [0, 0.05) is 6.61 Å². The van der Waals surface area contributed by atoms with E-state index in [0.717, 1.165) is 19.4 Å². The summed E-state index contributed by atoms with van der Waals surface area (Å²) in [5.41, 5.74) is 5.55. The van der Waals surface area contributed by atoms with E-state index in [1.54, 1.807) is 0 Å². The molecule has 2 unspecified atom stereocenters. The van der Waals surface area contributed by atoms with Crippen LogP contribution in [-0.2, 0) is 14.3 Å². The number of rotatable bonds is 3. The van der Waals surface area contributed by atoms with Crippen LogP contribution in [0.4, 0.5) is 0 Å². The van der Waals surface area contributed by atoms with Crippen LogP contribution in [0.3, 0.4) is 0 Å². The Balaban J connectivity index is 2.24. The Labute approximate surface area is 72.0 Å². The first kappa shape index (κ1) is 9.48. The molecule has 2 atom stereocenters. The van der Waals surface area contributed by atoms with E-state index in [2.05, 4.69) is 4.74 Å². The third-order valence-electron chi connectivity index (χ3n) is 2.04. The molecule has 1 aliphatic rings. The second-order valence-corrected chi connectivity index (χ2v) is 3.00. The molecular weight excluding hydrogens is 158 g/mol. The lowest BCUT2D eigenvalue weighted by molar-refractivity contribution is -0.143. The van der Waals surface area contributed by atoms with Gasteiger partial charge >= 0.3 is 5.97 Å². The highest BCUT2D eigenvalue weighted by Gasteiger charge is 2.22. The van der Waals surface area contributed by atoms with Crippen LogP contribution in [0, 0.1) is 0 Å². The third-order valence-corrected chi connectivity index (χ3v) is 2.04. The molecule has 0 aromatic heterocycles. The van der Waals surface area contributed by atoms with Crippen LogP contribution < -0.4 is 5.73 Å². The summed E-state index contributed by atoms with van der Waals surface area (Å²) in [5.74, 6) is -0.356. The molecule has 0 aromatic rings. The normalized spacial score (nSPS) is 25.3. The van der Waals surface area contributed by atoms with Crippen molar-refractivity contribution in [2.45, 2.75) is 31.4 Å². The lowest BCUT2D eigenvalue weighted by Gasteiger charge is -2.13. The lowest BCUT2D eigenvalue weighted by atomic mass is 10.1. The van der Waals surface area contributed by atoms with Gasteiger partial charge in [-0.3, -0.25) is 4.79 Å². The van der Waals surface area contributed by atoms with Gasteiger partial charge in [-0.1, -0.05) is 0 Å². The highest BCUT2D eigenvalue weighted by Crippen LogP contribution is 2.16. The molecule has 1 fully saturated rings. The zero-order valence-electron chi connectivity index (χ0n) is 7.29. The Bertz CT molecular complexity index is 154. The van der Waals surface area contributed by atoms with Crippen molar-refractivity contribution >= 4 is 5.97 Å². The van der Waals surface area contributed by atoms with Gasteiger partial charge < -0.3 is 15.2 Å². The molecule has 0 bridgehead atoms. The molecule has 2 N–H and O–H groups in total. The smallest absolute Gasteiger partial charge is 0.322 e. The van der Waals surface area contributed by atoms with Crippen LogP contribution in [0.25, 0.3) is 0 Å². The van der Waals surface area contributed by atoms with Crippen LogP contribution >= 0.6 is 0 Å². The molecule has 12 heavy (non-hydrogen) atoms. The average molecular weight is 173 g/mol. The number of hydrogen-bond acceptors (Lipinski definition) is 4. The van der Waals surface area contributed by atoms with Gasteiger partial charge in [-0.2, -0.15) is 0 Å². The Morgan fingerprint density at radius 1 is 1.83 bits per heavy atom. The number of methoxy groups -OCH3 is 1. The van der Waals surface area contributed by atoms with Crippen molar-refractivity contribution in [3.63, 3.8) is 0 Å². The van der Waals surface area contributed by atoms with E-state index in [1.165, 1.54) is 7.11 Å². The zero-order chi connectivity index (χ0) is 8.97. The van der Waals surface area contributed by atoms with Crippen molar-refractivity contribution in [1.29, 1.82) is 0 Å². The van der Waals surface area contributed by atoms with Crippen molar-refractivity contribution < 1.29 is 14.3 Å². The molecule has 1 rings (SSSR count).